The van der Waals surface area contributed by atoms with Gasteiger partial charge in [-0.3, -0.25) is 4.98 Å². The number of esters is 1. The molecule has 0 atom stereocenters. The third-order valence-electron chi connectivity index (χ3n) is 1.46. The summed E-state index contributed by atoms with van der Waals surface area (Å²) in [7, 11) is 1.32. The van der Waals surface area contributed by atoms with Gasteiger partial charge in [0.1, 0.15) is 0 Å². The van der Waals surface area contributed by atoms with Gasteiger partial charge in [-0.2, -0.15) is 0 Å². The average Bonchev–Trinajstić information content (AvgIpc) is 2.25. The molecule has 0 saturated heterocycles. The van der Waals surface area contributed by atoms with Gasteiger partial charge in [-0.15, -0.1) is 11.6 Å². The van der Waals surface area contributed by atoms with Gasteiger partial charge in [-0.1, -0.05) is 11.8 Å². The van der Waals surface area contributed by atoms with Gasteiger partial charge in [-0.25, -0.2) is 4.79 Å². The van der Waals surface area contributed by atoms with Crippen LogP contribution in [-0.2, 0) is 4.74 Å². The molecule has 1 aromatic heterocycles. The van der Waals surface area contributed by atoms with Gasteiger partial charge < -0.3 is 4.74 Å². The highest BCUT2D eigenvalue weighted by Gasteiger charge is 2.04. The van der Waals surface area contributed by atoms with Gasteiger partial charge in [0.25, 0.3) is 0 Å². The Labute approximate surface area is 87.1 Å². The van der Waals surface area contributed by atoms with Crippen molar-refractivity contribution in [2.75, 3.05) is 13.0 Å². The Morgan fingerprint density at radius 2 is 2.43 bits per heavy atom. The highest BCUT2D eigenvalue weighted by molar-refractivity contribution is 6.19. The lowest BCUT2D eigenvalue weighted by atomic mass is 10.2. The first-order valence-corrected chi connectivity index (χ1v) is 4.39. The average molecular weight is 210 g/mol. The third kappa shape index (κ3) is 2.75. The molecule has 0 spiro atoms. The van der Waals surface area contributed by atoms with Crippen LogP contribution in [0.3, 0.4) is 0 Å². The van der Waals surface area contributed by atoms with E-state index < -0.39 is 5.97 Å². The minimum Gasteiger partial charge on any atom is -0.465 e. The molecule has 0 aliphatic rings. The second-order valence-corrected chi connectivity index (χ2v) is 2.66. The number of aromatic nitrogens is 1. The SMILES string of the molecule is COC(=O)c1cncc(C#CCCl)c1. The van der Waals surface area contributed by atoms with E-state index in [1.807, 2.05) is 0 Å². The summed E-state index contributed by atoms with van der Waals surface area (Å²) in [6.45, 7) is 0. The smallest absolute Gasteiger partial charge is 0.339 e. The fraction of sp³-hybridized carbons (Fsp3) is 0.200. The summed E-state index contributed by atoms with van der Waals surface area (Å²) in [5.74, 6) is 5.26. The molecular formula is C10H8ClNO2. The second kappa shape index (κ2) is 5.25. The van der Waals surface area contributed by atoms with Crippen LogP contribution in [-0.4, -0.2) is 23.9 Å². The number of hydrogen-bond donors (Lipinski definition) is 0. The molecule has 72 valence electrons. The van der Waals surface area contributed by atoms with Crippen molar-refractivity contribution in [1.82, 2.24) is 4.98 Å². The Morgan fingerprint density at radius 1 is 1.64 bits per heavy atom. The zero-order valence-corrected chi connectivity index (χ0v) is 8.34. The lowest BCUT2D eigenvalue weighted by molar-refractivity contribution is 0.0600. The van der Waals surface area contributed by atoms with E-state index in [2.05, 4.69) is 21.6 Å². The van der Waals surface area contributed by atoms with E-state index in [9.17, 15) is 4.79 Å². The van der Waals surface area contributed by atoms with Crippen molar-refractivity contribution in [2.24, 2.45) is 0 Å². The summed E-state index contributed by atoms with van der Waals surface area (Å²) >= 11 is 5.40. The lowest BCUT2D eigenvalue weighted by Crippen LogP contribution is -2.01. The summed E-state index contributed by atoms with van der Waals surface area (Å²) in [6, 6.07) is 1.61. The number of hydrogen-bond acceptors (Lipinski definition) is 3. The molecule has 14 heavy (non-hydrogen) atoms. The maximum Gasteiger partial charge on any atom is 0.339 e. The molecule has 0 amide bonds. The molecule has 3 nitrogen and oxygen atoms in total. The molecule has 0 saturated carbocycles. The number of rotatable bonds is 1. The van der Waals surface area contributed by atoms with Gasteiger partial charge in [0.15, 0.2) is 0 Å². The first-order valence-electron chi connectivity index (χ1n) is 3.86. The van der Waals surface area contributed by atoms with Crippen LogP contribution in [0.25, 0.3) is 0 Å². The first-order chi connectivity index (χ1) is 6.77. The molecule has 4 heteroatoms. The van der Waals surface area contributed by atoms with Crippen LogP contribution >= 0.6 is 11.6 Å². The summed E-state index contributed by atoms with van der Waals surface area (Å²) < 4.78 is 4.54. The molecule has 0 aliphatic heterocycles. The van der Waals surface area contributed by atoms with Crippen molar-refractivity contribution in [3.63, 3.8) is 0 Å². The number of carbonyl (C=O) groups excluding carboxylic acids is 1. The molecule has 0 unspecified atom stereocenters. The van der Waals surface area contributed by atoms with Crippen LogP contribution in [0.5, 0.6) is 0 Å². The predicted molar refractivity (Wildman–Crippen MR) is 53.2 cm³/mol. The summed E-state index contributed by atoms with van der Waals surface area (Å²) in [5, 5.41) is 0. The van der Waals surface area contributed by atoms with E-state index in [0.717, 1.165) is 0 Å². The van der Waals surface area contributed by atoms with Crippen LogP contribution in [0.2, 0.25) is 0 Å². The number of carbonyl (C=O) groups is 1. The van der Waals surface area contributed by atoms with Crippen LogP contribution in [0.15, 0.2) is 18.5 Å². The van der Waals surface area contributed by atoms with Crippen LogP contribution in [0.4, 0.5) is 0 Å². The molecule has 1 heterocycles. The fourth-order valence-corrected chi connectivity index (χ4v) is 0.940. The molecule has 1 aromatic rings. The van der Waals surface area contributed by atoms with E-state index in [0.29, 0.717) is 11.1 Å². The third-order valence-corrected chi connectivity index (χ3v) is 1.59. The number of nitrogens with zero attached hydrogens (tertiary/aromatic N) is 1. The Bertz CT molecular complexity index is 393. The molecule has 0 fully saturated rings. The number of pyridine rings is 1. The molecule has 0 bridgehead atoms. The minimum absolute atomic E-state index is 0.252. The maximum atomic E-state index is 11.1. The van der Waals surface area contributed by atoms with E-state index in [1.165, 1.54) is 13.3 Å². The Hall–Kier alpha value is -1.53. The minimum atomic E-state index is -0.424. The molecular weight excluding hydrogens is 202 g/mol. The first kappa shape index (κ1) is 10.6. The summed E-state index contributed by atoms with van der Waals surface area (Å²) in [5.41, 5.74) is 1.03. The van der Waals surface area contributed by atoms with Crippen LogP contribution in [0.1, 0.15) is 15.9 Å². The van der Waals surface area contributed by atoms with E-state index in [4.69, 9.17) is 11.6 Å². The summed E-state index contributed by atoms with van der Waals surface area (Å²) in [6.07, 6.45) is 2.99. The molecule has 1 rings (SSSR count). The number of methoxy groups -OCH3 is 1. The van der Waals surface area contributed by atoms with Crippen molar-refractivity contribution >= 4 is 17.6 Å². The van der Waals surface area contributed by atoms with Crippen molar-refractivity contribution in [2.45, 2.75) is 0 Å². The lowest BCUT2D eigenvalue weighted by Gasteiger charge is -1.97. The second-order valence-electron chi connectivity index (χ2n) is 2.39. The quantitative estimate of drug-likeness (QED) is 0.399. The zero-order chi connectivity index (χ0) is 10.4. The monoisotopic (exact) mass is 209 g/mol. The zero-order valence-electron chi connectivity index (χ0n) is 7.58. The number of alkyl halides is 1. The molecule has 0 N–H and O–H groups in total. The molecule has 0 aliphatic carbocycles. The standard InChI is InChI=1S/C10H8ClNO2/c1-14-10(13)9-5-8(3-2-4-11)6-12-7-9/h5-7H,4H2,1H3. The van der Waals surface area contributed by atoms with Crippen molar-refractivity contribution in [3.05, 3.63) is 29.6 Å². The topological polar surface area (TPSA) is 39.2 Å². The van der Waals surface area contributed by atoms with E-state index in [1.54, 1.807) is 12.3 Å². The van der Waals surface area contributed by atoms with Gasteiger partial charge in [-0.05, 0) is 6.07 Å². The van der Waals surface area contributed by atoms with Crippen LogP contribution in [0, 0.1) is 11.8 Å². The van der Waals surface area contributed by atoms with Crippen molar-refractivity contribution < 1.29 is 9.53 Å². The van der Waals surface area contributed by atoms with Crippen LogP contribution < -0.4 is 0 Å². The normalized spacial score (nSPS) is 8.71. The maximum absolute atomic E-state index is 11.1. The van der Waals surface area contributed by atoms with Crippen molar-refractivity contribution in [1.29, 1.82) is 0 Å². The highest BCUT2D eigenvalue weighted by atomic mass is 35.5. The van der Waals surface area contributed by atoms with Crippen molar-refractivity contribution in [3.8, 4) is 11.8 Å². The van der Waals surface area contributed by atoms with Gasteiger partial charge >= 0.3 is 5.97 Å². The Balaban J connectivity index is 2.95. The van der Waals surface area contributed by atoms with E-state index in [-0.39, 0.29) is 5.88 Å². The Morgan fingerprint density at radius 3 is 3.07 bits per heavy atom. The number of ether oxygens (including phenoxy) is 1. The highest BCUT2D eigenvalue weighted by Crippen LogP contribution is 2.02. The molecule has 0 radical (unpaired) electrons. The van der Waals surface area contributed by atoms with Gasteiger partial charge in [0.2, 0.25) is 0 Å². The van der Waals surface area contributed by atoms with Gasteiger partial charge in [0, 0.05) is 18.0 Å². The van der Waals surface area contributed by atoms with E-state index >= 15 is 0 Å². The number of halogens is 1. The summed E-state index contributed by atoms with van der Waals surface area (Å²) in [4.78, 5) is 15.0. The predicted octanol–water partition coefficient (Wildman–Crippen LogP) is 1.46. The van der Waals surface area contributed by atoms with Gasteiger partial charge in [0.05, 0.1) is 18.6 Å². The molecule has 0 aromatic carbocycles. The largest absolute Gasteiger partial charge is 0.465 e. The fourth-order valence-electron chi connectivity index (χ4n) is 0.873. The Kier molecular flexibility index (Phi) is 3.96.